The predicted octanol–water partition coefficient (Wildman–Crippen LogP) is 2.91. The molecule has 1 aliphatic carbocycles. The first-order valence-electron chi connectivity index (χ1n) is 8.04. The Morgan fingerprint density at radius 2 is 1.73 bits per heavy atom. The van der Waals surface area contributed by atoms with Gasteiger partial charge in [-0.05, 0) is 44.7 Å². The lowest BCUT2D eigenvalue weighted by molar-refractivity contribution is -0.133. The van der Waals surface area contributed by atoms with Crippen LogP contribution in [0.25, 0.3) is 0 Å². The number of Topliss-reactive ketones (excluding diaryl/α,β-unsaturated/α-hetero) is 1. The minimum Gasteiger partial charge on any atom is -0.299 e. The number of carbonyl (C=O) groups excluding carboxylic acids is 1. The van der Waals surface area contributed by atoms with Crippen LogP contribution in [-0.2, 0) is 14.8 Å². The maximum Gasteiger partial charge on any atom is 0.243 e. The Morgan fingerprint density at radius 1 is 1.05 bits per heavy atom. The minimum atomic E-state index is -3.50. The highest BCUT2D eigenvalue weighted by Crippen LogP contribution is 2.42. The Bertz CT molecular complexity index is 662. The van der Waals surface area contributed by atoms with Gasteiger partial charge in [0.15, 0.2) is 0 Å². The maximum absolute atomic E-state index is 12.8. The van der Waals surface area contributed by atoms with E-state index in [0.29, 0.717) is 24.4 Å². The quantitative estimate of drug-likeness (QED) is 0.841. The van der Waals surface area contributed by atoms with E-state index in [2.05, 4.69) is 0 Å². The number of sulfonamides is 1. The fourth-order valence-electron chi connectivity index (χ4n) is 3.74. The molecule has 1 aromatic rings. The average molecular weight is 321 g/mol. The number of rotatable bonds is 2. The molecule has 1 spiro atoms. The topological polar surface area (TPSA) is 54.5 Å². The molecule has 22 heavy (non-hydrogen) atoms. The lowest BCUT2D eigenvalue weighted by atomic mass is 9.69. The molecule has 2 fully saturated rings. The van der Waals surface area contributed by atoms with Gasteiger partial charge in [0.1, 0.15) is 5.78 Å². The van der Waals surface area contributed by atoms with Gasteiger partial charge in [0, 0.05) is 24.9 Å². The standard InChI is InChI=1S/C17H23NO3S/c1-14-6-8-15(9-7-14)22(20,21)18-12-4-11-17(13-18)10-3-2-5-16(17)19/h6-9H,2-5,10-13H2,1H3. The van der Waals surface area contributed by atoms with Crippen LogP contribution in [0.1, 0.15) is 44.1 Å². The van der Waals surface area contributed by atoms with E-state index in [4.69, 9.17) is 0 Å². The van der Waals surface area contributed by atoms with E-state index in [0.717, 1.165) is 37.7 Å². The molecule has 0 bridgehead atoms. The van der Waals surface area contributed by atoms with Crippen LogP contribution >= 0.6 is 0 Å². The highest BCUT2D eigenvalue weighted by atomic mass is 32.2. The largest absolute Gasteiger partial charge is 0.299 e. The van der Waals surface area contributed by atoms with Crippen molar-refractivity contribution >= 4 is 15.8 Å². The minimum absolute atomic E-state index is 0.266. The summed E-state index contributed by atoms with van der Waals surface area (Å²) < 4.78 is 27.2. The third-order valence-electron chi connectivity index (χ3n) is 5.10. The van der Waals surface area contributed by atoms with Gasteiger partial charge in [-0.1, -0.05) is 24.1 Å². The van der Waals surface area contributed by atoms with E-state index in [1.54, 1.807) is 12.1 Å². The fraction of sp³-hybridized carbons (Fsp3) is 0.588. The Morgan fingerprint density at radius 3 is 2.41 bits per heavy atom. The Labute approximate surface area is 132 Å². The molecule has 0 amide bonds. The number of benzene rings is 1. The zero-order chi connectivity index (χ0) is 15.8. The molecular weight excluding hydrogens is 298 g/mol. The van der Waals surface area contributed by atoms with Crippen molar-refractivity contribution in [2.75, 3.05) is 13.1 Å². The molecule has 5 heteroatoms. The van der Waals surface area contributed by atoms with Crippen molar-refractivity contribution in [1.29, 1.82) is 0 Å². The van der Waals surface area contributed by atoms with Crippen LogP contribution in [0.2, 0.25) is 0 Å². The molecule has 0 radical (unpaired) electrons. The van der Waals surface area contributed by atoms with Crippen molar-refractivity contribution in [3.05, 3.63) is 29.8 Å². The van der Waals surface area contributed by atoms with E-state index < -0.39 is 15.4 Å². The third-order valence-corrected chi connectivity index (χ3v) is 6.96. The third kappa shape index (κ3) is 2.72. The number of carbonyl (C=O) groups is 1. The van der Waals surface area contributed by atoms with Crippen LogP contribution in [0.4, 0.5) is 0 Å². The second-order valence-electron chi connectivity index (χ2n) is 6.67. The molecule has 1 atom stereocenters. The van der Waals surface area contributed by atoms with Crippen LogP contribution in [0.5, 0.6) is 0 Å². The zero-order valence-electron chi connectivity index (χ0n) is 13.0. The second kappa shape index (κ2) is 5.78. The van der Waals surface area contributed by atoms with Crippen LogP contribution < -0.4 is 0 Å². The van der Waals surface area contributed by atoms with Crippen LogP contribution in [0.15, 0.2) is 29.2 Å². The van der Waals surface area contributed by atoms with Gasteiger partial charge in [0.2, 0.25) is 10.0 Å². The van der Waals surface area contributed by atoms with Gasteiger partial charge in [-0.25, -0.2) is 8.42 Å². The molecule has 2 aliphatic rings. The van der Waals surface area contributed by atoms with Gasteiger partial charge < -0.3 is 0 Å². The highest BCUT2D eigenvalue weighted by Gasteiger charge is 2.45. The van der Waals surface area contributed by atoms with E-state index in [1.807, 2.05) is 19.1 Å². The predicted molar refractivity (Wildman–Crippen MR) is 85.1 cm³/mol. The highest BCUT2D eigenvalue weighted by molar-refractivity contribution is 7.89. The monoisotopic (exact) mass is 321 g/mol. The van der Waals surface area contributed by atoms with E-state index in [-0.39, 0.29) is 5.78 Å². The first kappa shape index (κ1) is 15.7. The number of nitrogens with zero attached hydrogens (tertiary/aromatic N) is 1. The van der Waals surface area contributed by atoms with Gasteiger partial charge in [-0.3, -0.25) is 4.79 Å². The summed E-state index contributed by atoms with van der Waals surface area (Å²) in [4.78, 5) is 12.7. The molecule has 1 saturated heterocycles. The smallest absolute Gasteiger partial charge is 0.243 e. The fourth-order valence-corrected chi connectivity index (χ4v) is 5.30. The second-order valence-corrected chi connectivity index (χ2v) is 8.60. The molecule has 1 unspecified atom stereocenters. The summed E-state index contributed by atoms with van der Waals surface area (Å²) in [5.41, 5.74) is 0.616. The summed E-state index contributed by atoms with van der Waals surface area (Å²) in [6.07, 6.45) is 5.04. The lowest BCUT2D eigenvalue weighted by Crippen LogP contribution is -2.50. The molecule has 120 valence electrons. The van der Waals surface area contributed by atoms with Crippen molar-refractivity contribution in [1.82, 2.24) is 4.31 Å². The average Bonchev–Trinajstić information content (AvgIpc) is 2.51. The molecule has 1 aliphatic heterocycles. The van der Waals surface area contributed by atoms with Crippen molar-refractivity contribution in [2.24, 2.45) is 5.41 Å². The van der Waals surface area contributed by atoms with Gasteiger partial charge in [-0.15, -0.1) is 0 Å². The van der Waals surface area contributed by atoms with Crippen molar-refractivity contribution in [3.8, 4) is 0 Å². The molecule has 1 heterocycles. The number of ketones is 1. The number of hydrogen-bond acceptors (Lipinski definition) is 3. The van der Waals surface area contributed by atoms with Crippen molar-refractivity contribution in [2.45, 2.75) is 50.3 Å². The van der Waals surface area contributed by atoms with Crippen molar-refractivity contribution < 1.29 is 13.2 Å². The van der Waals surface area contributed by atoms with Crippen LogP contribution in [0, 0.1) is 12.3 Å². The molecular formula is C17H23NO3S. The van der Waals surface area contributed by atoms with Gasteiger partial charge >= 0.3 is 0 Å². The van der Waals surface area contributed by atoms with Crippen LogP contribution in [0.3, 0.4) is 0 Å². The first-order valence-corrected chi connectivity index (χ1v) is 9.48. The summed E-state index contributed by atoms with van der Waals surface area (Å²) in [5.74, 6) is 0.266. The summed E-state index contributed by atoms with van der Waals surface area (Å²) in [5, 5.41) is 0. The number of aryl methyl sites for hydroxylation is 1. The molecule has 3 rings (SSSR count). The van der Waals surface area contributed by atoms with Gasteiger partial charge in [0.05, 0.1) is 4.90 Å². The number of hydrogen-bond donors (Lipinski definition) is 0. The molecule has 1 saturated carbocycles. The van der Waals surface area contributed by atoms with E-state index in [9.17, 15) is 13.2 Å². The van der Waals surface area contributed by atoms with E-state index in [1.165, 1.54) is 4.31 Å². The molecule has 0 N–H and O–H groups in total. The summed E-state index contributed by atoms with van der Waals surface area (Å²) >= 11 is 0. The zero-order valence-corrected chi connectivity index (χ0v) is 13.9. The summed E-state index contributed by atoms with van der Waals surface area (Å²) in [7, 11) is -3.50. The Balaban J connectivity index is 1.87. The van der Waals surface area contributed by atoms with Gasteiger partial charge in [-0.2, -0.15) is 4.31 Å². The Kier molecular flexibility index (Phi) is 4.12. The molecule has 4 nitrogen and oxygen atoms in total. The molecule has 0 aromatic heterocycles. The summed E-state index contributed by atoms with van der Waals surface area (Å²) in [6, 6.07) is 6.96. The Hall–Kier alpha value is -1.20. The number of piperidine rings is 1. The van der Waals surface area contributed by atoms with Gasteiger partial charge in [0.25, 0.3) is 0 Å². The molecule has 1 aromatic carbocycles. The lowest BCUT2D eigenvalue weighted by Gasteiger charge is -2.43. The summed E-state index contributed by atoms with van der Waals surface area (Å²) in [6.45, 7) is 2.82. The van der Waals surface area contributed by atoms with Crippen LogP contribution in [-0.4, -0.2) is 31.6 Å². The first-order chi connectivity index (χ1) is 10.4. The SMILES string of the molecule is Cc1ccc(S(=O)(=O)N2CCCC3(CCCCC3=O)C2)cc1. The van der Waals surface area contributed by atoms with E-state index >= 15 is 0 Å². The van der Waals surface area contributed by atoms with Crippen molar-refractivity contribution in [3.63, 3.8) is 0 Å². The normalized spacial score (nSPS) is 27.2. The maximum atomic E-state index is 12.8.